The Morgan fingerprint density at radius 2 is 1.93 bits per heavy atom. The maximum atomic E-state index is 10.8. The van der Waals surface area contributed by atoms with E-state index in [4.69, 9.17) is 10.8 Å². The molecule has 0 heterocycles. The average Bonchev–Trinajstić information content (AvgIpc) is 2.18. The third-order valence-corrected chi connectivity index (χ3v) is 2.00. The first-order valence-corrected chi connectivity index (χ1v) is 4.31. The molecule has 0 aliphatic rings. The molecule has 4 nitrogen and oxygen atoms in total. The van der Waals surface area contributed by atoms with E-state index in [1.54, 1.807) is 18.2 Å². The molecule has 0 bridgehead atoms. The van der Waals surface area contributed by atoms with Gasteiger partial charge in [0, 0.05) is 12.0 Å². The van der Waals surface area contributed by atoms with Crippen molar-refractivity contribution in [1.82, 2.24) is 0 Å². The molecular weight excluding hydrogens is 194 g/mol. The highest BCUT2D eigenvalue weighted by atomic mass is 16.4. The largest absolute Gasteiger partial charge is 0.478 e. The number of aromatic carboxylic acids is 1. The molecule has 0 saturated carbocycles. The van der Waals surface area contributed by atoms with Crippen LogP contribution in [-0.4, -0.2) is 17.0 Å². The monoisotopic (exact) mass is 205 g/mol. The van der Waals surface area contributed by atoms with Crippen LogP contribution in [0.4, 0.5) is 0 Å². The molecule has 0 aromatic heterocycles. The fourth-order valence-electron chi connectivity index (χ4n) is 1.20. The zero-order valence-electron chi connectivity index (χ0n) is 8.06. The lowest BCUT2D eigenvalue weighted by Gasteiger charge is -2.05. The first-order chi connectivity index (χ1) is 7.02. The van der Waals surface area contributed by atoms with Gasteiger partial charge in [-0.15, -0.1) is 0 Å². The maximum absolute atomic E-state index is 10.8. The predicted molar refractivity (Wildman–Crippen MR) is 55.4 cm³/mol. The highest BCUT2D eigenvalue weighted by molar-refractivity contribution is 5.93. The Labute approximate surface area is 87.0 Å². The molecule has 78 valence electrons. The number of rotatable bonds is 4. The van der Waals surface area contributed by atoms with Crippen molar-refractivity contribution in [2.45, 2.75) is 6.42 Å². The van der Waals surface area contributed by atoms with Gasteiger partial charge in [-0.3, -0.25) is 4.79 Å². The molecule has 0 spiro atoms. The van der Waals surface area contributed by atoms with Crippen LogP contribution in [0.2, 0.25) is 0 Å². The quantitative estimate of drug-likeness (QED) is 0.718. The molecule has 0 unspecified atom stereocenters. The van der Waals surface area contributed by atoms with Crippen molar-refractivity contribution in [2.75, 3.05) is 0 Å². The molecule has 0 aliphatic carbocycles. The standard InChI is InChI=1S/C11H11NO3/c1-7(10(12)13)6-8-4-2-3-5-9(8)11(14)15/h2-5H,1,6H2,(H2,12,13)(H,14,15). The van der Waals surface area contributed by atoms with Gasteiger partial charge in [0.25, 0.3) is 0 Å². The van der Waals surface area contributed by atoms with Gasteiger partial charge in [-0.05, 0) is 11.6 Å². The van der Waals surface area contributed by atoms with Crippen molar-refractivity contribution in [3.63, 3.8) is 0 Å². The smallest absolute Gasteiger partial charge is 0.335 e. The van der Waals surface area contributed by atoms with Gasteiger partial charge in [-0.2, -0.15) is 0 Å². The zero-order chi connectivity index (χ0) is 11.4. The fraction of sp³-hybridized carbons (Fsp3) is 0.0909. The number of hydrogen-bond acceptors (Lipinski definition) is 2. The molecule has 0 atom stereocenters. The van der Waals surface area contributed by atoms with Crippen molar-refractivity contribution in [2.24, 2.45) is 5.73 Å². The van der Waals surface area contributed by atoms with E-state index in [2.05, 4.69) is 6.58 Å². The minimum Gasteiger partial charge on any atom is -0.478 e. The second-order valence-corrected chi connectivity index (χ2v) is 3.11. The lowest BCUT2D eigenvalue weighted by Crippen LogP contribution is -2.15. The molecule has 1 aromatic rings. The Morgan fingerprint density at radius 3 is 2.47 bits per heavy atom. The topological polar surface area (TPSA) is 80.4 Å². The summed E-state index contributed by atoms with van der Waals surface area (Å²) in [6, 6.07) is 6.44. The molecule has 1 rings (SSSR count). The number of carbonyl (C=O) groups excluding carboxylic acids is 1. The van der Waals surface area contributed by atoms with E-state index in [-0.39, 0.29) is 17.6 Å². The van der Waals surface area contributed by atoms with Gasteiger partial charge in [0.15, 0.2) is 0 Å². The summed E-state index contributed by atoms with van der Waals surface area (Å²) >= 11 is 0. The molecular formula is C11H11NO3. The summed E-state index contributed by atoms with van der Waals surface area (Å²) in [5, 5.41) is 8.87. The van der Waals surface area contributed by atoms with Gasteiger partial charge in [-0.1, -0.05) is 24.8 Å². The van der Waals surface area contributed by atoms with E-state index in [9.17, 15) is 9.59 Å². The molecule has 0 aliphatic heterocycles. The molecule has 0 saturated heterocycles. The van der Waals surface area contributed by atoms with Crippen molar-refractivity contribution < 1.29 is 14.7 Å². The third kappa shape index (κ3) is 2.67. The summed E-state index contributed by atoms with van der Waals surface area (Å²) in [7, 11) is 0. The molecule has 1 aromatic carbocycles. The summed E-state index contributed by atoms with van der Waals surface area (Å²) in [4.78, 5) is 21.6. The van der Waals surface area contributed by atoms with Gasteiger partial charge in [0.1, 0.15) is 0 Å². The number of hydrogen-bond donors (Lipinski definition) is 2. The van der Waals surface area contributed by atoms with E-state index in [1.807, 2.05) is 0 Å². The van der Waals surface area contributed by atoms with E-state index in [0.717, 1.165) is 0 Å². The summed E-state index contributed by atoms with van der Waals surface area (Å²) in [6.45, 7) is 3.48. The minimum absolute atomic E-state index is 0.164. The van der Waals surface area contributed by atoms with Crippen molar-refractivity contribution in [1.29, 1.82) is 0 Å². The predicted octanol–water partition coefficient (Wildman–Crippen LogP) is 0.969. The van der Waals surface area contributed by atoms with E-state index in [1.165, 1.54) is 6.07 Å². The molecule has 4 heteroatoms. The van der Waals surface area contributed by atoms with Gasteiger partial charge in [-0.25, -0.2) is 4.79 Å². The van der Waals surface area contributed by atoms with Crippen LogP contribution in [0.15, 0.2) is 36.4 Å². The van der Waals surface area contributed by atoms with Gasteiger partial charge >= 0.3 is 5.97 Å². The number of nitrogens with two attached hydrogens (primary N) is 1. The zero-order valence-corrected chi connectivity index (χ0v) is 8.06. The number of benzene rings is 1. The summed E-state index contributed by atoms with van der Waals surface area (Å²) < 4.78 is 0. The number of carbonyl (C=O) groups is 2. The number of primary amides is 1. The molecule has 0 fully saturated rings. The van der Waals surface area contributed by atoms with Crippen LogP contribution in [-0.2, 0) is 11.2 Å². The Bertz CT molecular complexity index is 424. The van der Waals surface area contributed by atoms with E-state index >= 15 is 0 Å². The number of amides is 1. The van der Waals surface area contributed by atoms with Crippen LogP contribution in [0.5, 0.6) is 0 Å². The number of carboxylic acids is 1. The van der Waals surface area contributed by atoms with Gasteiger partial charge in [0.05, 0.1) is 5.56 Å². The molecule has 3 N–H and O–H groups in total. The lowest BCUT2D eigenvalue weighted by molar-refractivity contribution is -0.114. The Morgan fingerprint density at radius 1 is 1.33 bits per heavy atom. The second-order valence-electron chi connectivity index (χ2n) is 3.11. The minimum atomic E-state index is -1.03. The normalized spacial score (nSPS) is 9.60. The highest BCUT2D eigenvalue weighted by Crippen LogP contribution is 2.12. The molecule has 1 amide bonds. The highest BCUT2D eigenvalue weighted by Gasteiger charge is 2.11. The van der Waals surface area contributed by atoms with Crippen LogP contribution >= 0.6 is 0 Å². The lowest BCUT2D eigenvalue weighted by atomic mass is 10.0. The van der Waals surface area contributed by atoms with Gasteiger partial charge in [0.2, 0.25) is 5.91 Å². The van der Waals surface area contributed by atoms with Crippen LogP contribution in [0.25, 0.3) is 0 Å². The summed E-state index contributed by atoms with van der Waals surface area (Å²) in [5.74, 6) is -1.64. The number of carboxylic acid groups (broad SMARTS) is 1. The summed E-state index contributed by atoms with van der Waals surface area (Å²) in [6.07, 6.45) is 0.164. The van der Waals surface area contributed by atoms with Crippen LogP contribution < -0.4 is 5.73 Å². The first kappa shape index (κ1) is 11.0. The maximum Gasteiger partial charge on any atom is 0.335 e. The van der Waals surface area contributed by atoms with E-state index in [0.29, 0.717) is 5.56 Å². The summed E-state index contributed by atoms with van der Waals surface area (Å²) in [5.41, 5.74) is 5.92. The average molecular weight is 205 g/mol. The molecule has 0 radical (unpaired) electrons. The van der Waals surface area contributed by atoms with Crippen LogP contribution in [0.1, 0.15) is 15.9 Å². The van der Waals surface area contributed by atoms with Crippen molar-refractivity contribution >= 4 is 11.9 Å². The Hall–Kier alpha value is -2.10. The SMILES string of the molecule is C=C(Cc1ccccc1C(=O)O)C(N)=O. The van der Waals surface area contributed by atoms with Crippen LogP contribution in [0, 0.1) is 0 Å². The van der Waals surface area contributed by atoms with Gasteiger partial charge < -0.3 is 10.8 Å². The van der Waals surface area contributed by atoms with Crippen LogP contribution in [0.3, 0.4) is 0 Å². The first-order valence-electron chi connectivity index (χ1n) is 4.31. The Kier molecular flexibility index (Phi) is 3.23. The fourth-order valence-corrected chi connectivity index (χ4v) is 1.20. The van der Waals surface area contributed by atoms with Crippen molar-refractivity contribution in [3.05, 3.63) is 47.5 Å². The third-order valence-electron chi connectivity index (χ3n) is 2.00. The van der Waals surface area contributed by atoms with Crippen molar-refractivity contribution in [3.8, 4) is 0 Å². The Balaban J connectivity index is 2.99. The van der Waals surface area contributed by atoms with E-state index < -0.39 is 11.9 Å². The second kappa shape index (κ2) is 4.41. The molecule has 15 heavy (non-hydrogen) atoms.